The van der Waals surface area contributed by atoms with Gasteiger partial charge in [0.05, 0.1) is 6.20 Å². The van der Waals surface area contributed by atoms with Crippen molar-refractivity contribution in [2.45, 2.75) is 51.0 Å². The zero-order chi connectivity index (χ0) is 13.0. The Morgan fingerprint density at radius 3 is 2.56 bits per heavy atom. The van der Waals surface area contributed by atoms with Crippen LogP contribution in [-0.2, 0) is 11.8 Å². The van der Waals surface area contributed by atoms with Gasteiger partial charge in [-0.3, -0.25) is 4.79 Å². The molecule has 0 atom stereocenters. The number of ether oxygens (including phenoxy) is 1. The van der Waals surface area contributed by atoms with E-state index in [1.54, 1.807) is 7.05 Å². The maximum Gasteiger partial charge on any atom is 0.214 e. The van der Waals surface area contributed by atoms with Gasteiger partial charge in [-0.2, -0.15) is 0 Å². The Hall–Kier alpha value is -1.23. The van der Waals surface area contributed by atoms with Crippen LogP contribution in [-0.4, -0.2) is 33.0 Å². The molecule has 0 radical (unpaired) electrons. The number of hydrogen-bond acceptors (Lipinski definition) is 4. The average molecular weight is 251 g/mol. The zero-order valence-electron chi connectivity index (χ0n) is 11.2. The molecule has 0 amide bonds. The number of carbonyl (C=O) groups is 1. The van der Waals surface area contributed by atoms with Crippen molar-refractivity contribution in [2.75, 3.05) is 6.61 Å². The van der Waals surface area contributed by atoms with Crippen molar-refractivity contribution < 1.29 is 9.53 Å². The standard InChI is InChI=1S/C13H21N3O2/c1-3-18-13(8-6-4-5-7-9-13)12(17)11-10-14-15-16(11)2/h10H,3-9H2,1-2H3. The molecule has 0 aliphatic heterocycles. The third-order valence-corrected chi connectivity index (χ3v) is 3.69. The predicted octanol–water partition coefficient (Wildman–Crippen LogP) is 2.13. The Labute approximate surface area is 108 Å². The van der Waals surface area contributed by atoms with Crippen LogP contribution in [0.5, 0.6) is 0 Å². The lowest BCUT2D eigenvalue weighted by atomic mass is 9.88. The van der Waals surface area contributed by atoms with E-state index < -0.39 is 5.60 Å². The largest absolute Gasteiger partial charge is 0.367 e. The molecule has 5 nitrogen and oxygen atoms in total. The quantitative estimate of drug-likeness (QED) is 0.607. The van der Waals surface area contributed by atoms with Crippen LogP contribution in [0.2, 0.25) is 0 Å². The van der Waals surface area contributed by atoms with Crippen LogP contribution in [0, 0.1) is 0 Å². The molecule has 1 aliphatic rings. The highest BCUT2D eigenvalue weighted by atomic mass is 16.5. The summed E-state index contributed by atoms with van der Waals surface area (Å²) in [5.74, 6) is 0.0405. The minimum absolute atomic E-state index is 0.0405. The van der Waals surface area contributed by atoms with Gasteiger partial charge >= 0.3 is 0 Å². The Morgan fingerprint density at radius 2 is 2.06 bits per heavy atom. The molecule has 0 spiro atoms. The summed E-state index contributed by atoms with van der Waals surface area (Å²) in [6.07, 6.45) is 7.63. The molecule has 1 fully saturated rings. The van der Waals surface area contributed by atoms with Crippen LogP contribution in [0.3, 0.4) is 0 Å². The molecule has 0 bridgehead atoms. The van der Waals surface area contributed by atoms with Gasteiger partial charge in [-0.1, -0.05) is 30.9 Å². The van der Waals surface area contributed by atoms with E-state index in [0.29, 0.717) is 12.3 Å². The third kappa shape index (κ3) is 2.46. The van der Waals surface area contributed by atoms with Crippen LogP contribution in [0.1, 0.15) is 55.9 Å². The summed E-state index contributed by atoms with van der Waals surface area (Å²) in [4.78, 5) is 12.7. The molecule has 1 heterocycles. The molecule has 1 saturated carbocycles. The summed E-state index contributed by atoms with van der Waals surface area (Å²) >= 11 is 0. The molecule has 1 aromatic heterocycles. The SMILES string of the molecule is CCOC1(C(=O)c2cnnn2C)CCCCCC1. The summed E-state index contributed by atoms with van der Waals surface area (Å²) in [6, 6.07) is 0. The Balaban J connectivity index is 2.28. The first-order valence-corrected chi connectivity index (χ1v) is 6.73. The number of aryl methyl sites for hydroxylation is 1. The van der Waals surface area contributed by atoms with Gasteiger partial charge in [0.1, 0.15) is 11.3 Å². The maximum absolute atomic E-state index is 12.7. The Kier molecular flexibility index (Phi) is 4.11. The first-order chi connectivity index (χ1) is 8.69. The molecule has 0 N–H and O–H groups in total. The van der Waals surface area contributed by atoms with Gasteiger partial charge in [0.15, 0.2) is 0 Å². The highest BCUT2D eigenvalue weighted by molar-refractivity contribution is 6.00. The summed E-state index contributed by atoms with van der Waals surface area (Å²) in [6.45, 7) is 2.51. The summed E-state index contributed by atoms with van der Waals surface area (Å²) < 4.78 is 7.41. The van der Waals surface area contributed by atoms with E-state index in [9.17, 15) is 4.79 Å². The van der Waals surface area contributed by atoms with Crippen LogP contribution in [0.4, 0.5) is 0 Å². The van der Waals surface area contributed by atoms with Gasteiger partial charge in [-0.05, 0) is 19.8 Å². The van der Waals surface area contributed by atoms with E-state index >= 15 is 0 Å². The fraction of sp³-hybridized carbons (Fsp3) is 0.769. The number of ketones is 1. The van der Waals surface area contributed by atoms with Crippen LogP contribution in [0.25, 0.3) is 0 Å². The maximum atomic E-state index is 12.7. The van der Waals surface area contributed by atoms with Crippen molar-refractivity contribution in [3.8, 4) is 0 Å². The van der Waals surface area contributed by atoms with Gasteiger partial charge in [0.2, 0.25) is 5.78 Å². The van der Waals surface area contributed by atoms with Gasteiger partial charge in [-0.15, -0.1) is 5.10 Å². The molecule has 2 rings (SSSR count). The van der Waals surface area contributed by atoms with E-state index in [-0.39, 0.29) is 5.78 Å². The fourth-order valence-corrected chi connectivity index (χ4v) is 2.74. The van der Waals surface area contributed by atoms with Crippen molar-refractivity contribution >= 4 is 5.78 Å². The Bertz CT molecular complexity index is 406. The average Bonchev–Trinajstić information content (AvgIpc) is 2.64. The molecule has 100 valence electrons. The third-order valence-electron chi connectivity index (χ3n) is 3.69. The second kappa shape index (κ2) is 5.61. The molecular weight excluding hydrogens is 230 g/mol. The monoisotopic (exact) mass is 251 g/mol. The number of aromatic nitrogens is 3. The Morgan fingerprint density at radius 1 is 1.39 bits per heavy atom. The number of nitrogens with zero attached hydrogens (tertiary/aromatic N) is 3. The number of carbonyl (C=O) groups excluding carboxylic acids is 1. The number of hydrogen-bond donors (Lipinski definition) is 0. The predicted molar refractivity (Wildman–Crippen MR) is 67.4 cm³/mol. The molecule has 0 saturated heterocycles. The highest BCUT2D eigenvalue weighted by Crippen LogP contribution is 2.33. The molecule has 5 heteroatoms. The summed E-state index contributed by atoms with van der Waals surface area (Å²) in [5, 5.41) is 7.63. The first kappa shape index (κ1) is 13.2. The van der Waals surface area contributed by atoms with E-state index in [2.05, 4.69) is 10.3 Å². The van der Waals surface area contributed by atoms with Crippen molar-refractivity contribution in [3.05, 3.63) is 11.9 Å². The minimum atomic E-state index is -0.652. The molecular formula is C13H21N3O2. The summed E-state index contributed by atoms with van der Waals surface area (Å²) in [5.41, 5.74) is -0.105. The number of Topliss-reactive ketones (excluding diaryl/α,β-unsaturated/α-hetero) is 1. The molecule has 1 aromatic rings. The highest BCUT2D eigenvalue weighted by Gasteiger charge is 2.41. The van der Waals surface area contributed by atoms with Gasteiger partial charge in [0.25, 0.3) is 0 Å². The molecule has 1 aliphatic carbocycles. The van der Waals surface area contributed by atoms with Crippen molar-refractivity contribution in [1.29, 1.82) is 0 Å². The molecule has 0 aromatic carbocycles. The van der Waals surface area contributed by atoms with E-state index in [0.717, 1.165) is 25.7 Å². The van der Waals surface area contributed by atoms with Gasteiger partial charge in [-0.25, -0.2) is 4.68 Å². The lowest BCUT2D eigenvalue weighted by molar-refractivity contribution is -0.0298. The summed E-state index contributed by atoms with van der Waals surface area (Å²) in [7, 11) is 1.75. The van der Waals surface area contributed by atoms with Crippen LogP contribution >= 0.6 is 0 Å². The lowest BCUT2D eigenvalue weighted by Crippen LogP contribution is -2.42. The number of rotatable bonds is 4. The van der Waals surface area contributed by atoms with Gasteiger partial charge < -0.3 is 4.74 Å². The van der Waals surface area contributed by atoms with Crippen LogP contribution in [0.15, 0.2) is 6.20 Å². The second-order valence-corrected chi connectivity index (χ2v) is 4.91. The second-order valence-electron chi connectivity index (χ2n) is 4.91. The molecule has 0 unspecified atom stereocenters. The molecule has 18 heavy (non-hydrogen) atoms. The van der Waals surface area contributed by atoms with Crippen molar-refractivity contribution in [2.24, 2.45) is 7.05 Å². The van der Waals surface area contributed by atoms with Crippen molar-refractivity contribution in [1.82, 2.24) is 15.0 Å². The minimum Gasteiger partial charge on any atom is -0.367 e. The first-order valence-electron chi connectivity index (χ1n) is 6.73. The normalized spacial score (nSPS) is 19.4. The van der Waals surface area contributed by atoms with E-state index in [1.165, 1.54) is 23.7 Å². The van der Waals surface area contributed by atoms with E-state index in [1.807, 2.05) is 6.92 Å². The van der Waals surface area contributed by atoms with Crippen LogP contribution < -0.4 is 0 Å². The zero-order valence-corrected chi connectivity index (χ0v) is 11.2. The van der Waals surface area contributed by atoms with E-state index in [4.69, 9.17) is 4.74 Å². The fourth-order valence-electron chi connectivity index (χ4n) is 2.74. The van der Waals surface area contributed by atoms with Crippen molar-refractivity contribution in [3.63, 3.8) is 0 Å². The lowest BCUT2D eigenvalue weighted by Gasteiger charge is -2.30. The smallest absolute Gasteiger partial charge is 0.214 e. The van der Waals surface area contributed by atoms with Gasteiger partial charge in [0, 0.05) is 13.7 Å². The topological polar surface area (TPSA) is 57.0 Å².